The van der Waals surface area contributed by atoms with E-state index in [1.165, 1.54) is 0 Å². The minimum atomic E-state index is -0.109. The molecule has 1 aromatic heterocycles. The molecule has 0 aromatic carbocycles. The summed E-state index contributed by atoms with van der Waals surface area (Å²) < 4.78 is 1.80. The normalized spacial score (nSPS) is 14.6. The van der Waals surface area contributed by atoms with Gasteiger partial charge in [0.25, 0.3) is 0 Å². The second-order valence-electron chi connectivity index (χ2n) is 4.28. The van der Waals surface area contributed by atoms with Crippen LogP contribution < -0.4 is 11.1 Å². The van der Waals surface area contributed by atoms with Crippen LogP contribution in [-0.4, -0.2) is 21.7 Å². The summed E-state index contributed by atoms with van der Waals surface area (Å²) in [5.74, 6) is -0.0225. The lowest BCUT2D eigenvalue weighted by molar-refractivity contribution is -0.122. The Balaban J connectivity index is 2.62. The van der Waals surface area contributed by atoms with Crippen LogP contribution in [0.2, 0.25) is 0 Å². The average molecular weight is 224 g/mol. The van der Waals surface area contributed by atoms with E-state index in [1.54, 1.807) is 10.9 Å². The number of rotatable bonds is 4. The van der Waals surface area contributed by atoms with E-state index in [-0.39, 0.29) is 18.0 Å². The molecule has 0 aliphatic heterocycles. The van der Waals surface area contributed by atoms with Gasteiger partial charge >= 0.3 is 0 Å². The van der Waals surface area contributed by atoms with Crippen LogP contribution in [0.4, 0.5) is 0 Å². The van der Waals surface area contributed by atoms with Gasteiger partial charge in [0.15, 0.2) is 0 Å². The van der Waals surface area contributed by atoms with E-state index in [4.69, 9.17) is 5.73 Å². The minimum Gasteiger partial charge on any atom is -0.349 e. The first-order valence-electron chi connectivity index (χ1n) is 5.45. The number of nitrogens with one attached hydrogen (secondary N) is 1. The SMILES string of the molecule is Cc1c(C(C)NC(=O)CC(C)N)cnn1C. The first-order chi connectivity index (χ1) is 7.41. The molecule has 0 fully saturated rings. The lowest BCUT2D eigenvalue weighted by atomic mass is 10.1. The van der Waals surface area contributed by atoms with E-state index in [9.17, 15) is 4.79 Å². The van der Waals surface area contributed by atoms with Gasteiger partial charge in [0.1, 0.15) is 0 Å². The molecule has 0 aliphatic carbocycles. The first-order valence-corrected chi connectivity index (χ1v) is 5.45. The predicted molar refractivity (Wildman–Crippen MR) is 62.8 cm³/mol. The zero-order valence-electron chi connectivity index (χ0n) is 10.3. The molecule has 16 heavy (non-hydrogen) atoms. The summed E-state index contributed by atoms with van der Waals surface area (Å²) in [5.41, 5.74) is 7.67. The maximum Gasteiger partial charge on any atom is 0.222 e. The summed E-state index contributed by atoms with van der Waals surface area (Å²) in [6.45, 7) is 5.75. The summed E-state index contributed by atoms with van der Waals surface area (Å²) in [5, 5.41) is 7.06. The standard InChI is InChI=1S/C11H20N4O/c1-7(12)5-11(16)14-8(2)10-6-13-15(4)9(10)3/h6-8H,5,12H2,1-4H3,(H,14,16). The number of hydrogen-bond acceptors (Lipinski definition) is 3. The fourth-order valence-electron chi connectivity index (χ4n) is 1.61. The Morgan fingerprint density at radius 1 is 1.62 bits per heavy atom. The average Bonchev–Trinajstić information content (AvgIpc) is 2.45. The molecule has 0 saturated heterocycles. The molecule has 3 N–H and O–H groups in total. The van der Waals surface area contributed by atoms with Crippen LogP contribution in [0.5, 0.6) is 0 Å². The lowest BCUT2D eigenvalue weighted by Crippen LogP contribution is -2.31. The van der Waals surface area contributed by atoms with Crippen LogP contribution in [0.25, 0.3) is 0 Å². The Kier molecular flexibility index (Phi) is 4.06. The smallest absolute Gasteiger partial charge is 0.222 e. The van der Waals surface area contributed by atoms with E-state index in [1.807, 2.05) is 27.8 Å². The molecular formula is C11H20N4O. The molecule has 2 unspecified atom stereocenters. The van der Waals surface area contributed by atoms with Crippen LogP contribution in [-0.2, 0) is 11.8 Å². The van der Waals surface area contributed by atoms with Crippen molar-refractivity contribution in [2.24, 2.45) is 12.8 Å². The van der Waals surface area contributed by atoms with Crippen molar-refractivity contribution in [1.29, 1.82) is 0 Å². The highest BCUT2D eigenvalue weighted by Crippen LogP contribution is 2.15. The van der Waals surface area contributed by atoms with Gasteiger partial charge in [-0.3, -0.25) is 9.48 Å². The van der Waals surface area contributed by atoms with Gasteiger partial charge in [0.2, 0.25) is 5.91 Å². The minimum absolute atomic E-state index is 0.0225. The second kappa shape index (κ2) is 5.12. The Morgan fingerprint density at radius 3 is 2.69 bits per heavy atom. The van der Waals surface area contributed by atoms with Crippen molar-refractivity contribution in [2.75, 3.05) is 0 Å². The topological polar surface area (TPSA) is 72.9 Å². The highest BCUT2D eigenvalue weighted by atomic mass is 16.1. The van der Waals surface area contributed by atoms with Crippen molar-refractivity contribution in [3.05, 3.63) is 17.5 Å². The summed E-state index contributed by atoms with van der Waals surface area (Å²) in [6.07, 6.45) is 2.13. The molecule has 1 heterocycles. The molecule has 0 radical (unpaired) electrons. The summed E-state index contributed by atoms with van der Waals surface area (Å²) in [4.78, 5) is 11.5. The molecule has 90 valence electrons. The van der Waals surface area contributed by atoms with Crippen molar-refractivity contribution >= 4 is 5.91 Å². The maximum atomic E-state index is 11.5. The Labute approximate surface area is 96.0 Å². The zero-order valence-corrected chi connectivity index (χ0v) is 10.3. The molecule has 1 rings (SSSR count). The number of carbonyl (C=O) groups excluding carboxylic acids is 1. The van der Waals surface area contributed by atoms with Gasteiger partial charge in [0.05, 0.1) is 12.2 Å². The van der Waals surface area contributed by atoms with Crippen LogP contribution in [0.15, 0.2) is 6.20 Å². The Morgan fingerprint density at radius 2 is 2.25 bits per heavy atom. The molecule has 0 aliphatic rings. The Bertz CT molecular complexity index is 370. The van der Waals surface area contributed by atoms with Gasteiger partial charge in [-0.1, -0.05) is 0 Å². The number of nitrogens with zero attached hydrogens (tertiary/aromatic N) is 2. The molecule has 0 spiro atoms. The van der Waals surface area contributed by atoms with Crippen molar-refractivity contribution in [3.8, 4) is 0 Å². The zero-order chi connectivity index (χ0) is 12.3. The molecule has 0 bridgehead atoms. The van der Waals surface area contributed by atoms with Crippen molar-refractivity contribution in [1.82, 2.24) is 15.1 Å². The van der Waals surface area contributed by atoms with Gasteiger partial charge in [0, 0.05) is 30.8 Å². The van der Waals surface area contributed by atoms with Crippen molar-refractivity contribution in [3.63, 3.8) is 0 Å². The first kappa shape index (κ1) is 12.7. The van der Waals surface area contributed by atoms with Gasteiger partial charge < -0.3 is 11.1 Å². The second-order valence-corrected chi connectivity index (χ2v) is 4.28. The summed E-state index contributed by atoms with van der Waals surface area (Å²) >= 11 is 0. The number of hydrogen-bond donors (Lipinski definition) is 2. The third-order valence-corrected chi connectivity index (χ3v) is 2.62. The highest BCUT2D eigenvalue weighted by Gasteiger charge is 2.14. The lowest BCUT2D eigenvalue weighted by Gasteiger charge is -2.14. The van der Waals surface area contributed by atoms with E-state index >= 15 is 0 Å². The van der Waals surface area contributed by atoms with E-state index in [0.717, 1.165) is 11.3 Å². The van der Waals surface area contributed by atoms with Gasteiger partial charge in [-0.05, 0) is 20.8 Å². The number of aryl methyl sites for hydroxylation is 1. The third kappa shape index (κ3) is 3.06. The molecule has 5 heteroatoms. The molecular weight excluding hydrogens is 204 g/mol. The van der Waals surface area contributed by atoms with E-state index < -0.39 is 0 Å². The molecule has 1 aromatic rings. The number of carbonyl (C=O) groups is 1. The largest absolute Gasteiger partial charge is 0.349 e. The van der Waals surface area contributed by atoms with Gasteiger partial charge in [-0.25, -0.2) is 0 Å². The van der Waals surface area contributed by atoms with Crippen molar-refractivity contribution < 1.29 is 4.79 Å². The summed E-state index contributed by atoms with van der Waals surface area (Å²) in [6, 6.07) is -0.137. The van der Waals surface area contributed by atoms with Gasteiger partial charge in [-0.2, -0.15) is 5.10 Å². The maximum absolute atomic E-state index is 11.5. The summed E-state index contributed by atoms with van der Waals surface area (Å²) in [7, 11) is 1.88. The molecule has 5 nitrogen and oxygen atoms in total. The quantitative estimate of drug-likeness (QED) is 0.788. The number of nitrogens with two attached hydrogens (primary N) is 1. The predicted octanol–water partition coefficient (Wildman–Crippen LogP) is 0.643. The van der Waals surface area contributed by atoms with Crippen LogP contribution in [0.3, 0.4) is 0 Å². The molecule has 2 atom stereocenters. The third-order valence-electron chi connectivity index (χ3n) is 2.62. The highest BCUT2D eigenvalue weighted by molar-refractivity contribution is 5.77. The monoisotopic (exact) mass is 224 g/mol. The van der Waals surface area contributed by atoms with E-state index in [2.05, 4.69) is 10.4 Å². The van der Waals surface area contributed by atoms with Crippen LogP contribution >= 0.6 is 0 Å². The molecule has 1 amide bonds. The van der Waals surface area contributed by atoms with E-state index in [0.29, 0.717) is 6.42 Å². The van der Waals surface area contributed by atoms with Crippen LogP contribution in [0.1, 0.15) is 37.6 Å². The number of amides is 1. The fourth-order valence-corrected chi connectivity index (χ4v) is 1.61. The number of aromatic nitrogens is 2. The Hall–Kier alpha value is -1.36. The fraction of sp³-hybridized carbons (Fsp3) is 0.636. The molecule has 0 saturated carbocycles. The van der Waals surface area contributed by atoms with Crippen molar-refractivity contribution in [2.45, 2.75) is 39.3 Å². The van der Waals surface area contributed by atoms with Crippen LogP contribution in [0, 0.1) is 6.92 Å². The van der Waals surface area contributed by atoms with Gasteiger partial charge in [-0.15, -0.1) is 0 Å².